The van der Waals surface area contributed by atoms with Crippen molar-refractivity contribution in [1.82, 2.24) is 5.32 Å². The van der Waals surface area contributed by atoms with Gasteiger partial charge in [0.2, 0.25) is 5.91 Å². The molecule has 0 fully saturated rings. The minimum absolute atomic E-state index is 0.0631. The third kappa shape index (κ3) is 6.04. The molecule has 2 rings (SSSR count). The van der Waals surface area contributed by atoms with Gasteiger partial charge in [-0.1, -0.05) is 12.1 Å². The van der Waals surface area contributed by atoms with Crippen molar-refractivity contribution in [3.63, 3.8) is 0 Å². The molecule has 0 aliphatic heterocycles. The molecule has 0 bridgehead atoms. The van der Waals surface area contributed by atoms with Gasteiger partial charge in [0.15, 0.2) is 0 Å². The topological polar surface area (TPSA) is 55.4 Å². The summed E-state index contributed by atoms with van der Waals surface area (Å²) in [6, 6.07) is 5.54. The van der Waals surface area contributed by atoms with E-state index in [4.69, 9.17) is 0 Å². The normalized spacial score (nSPS) is 12.4. The van der Waals surface area contributed by atoms with Crippen molar-refractivity contribution in [2.24, 2.45) is 0 Å². The molecule has 2 aromatic rings. The van der Waals surface area contributed by atoms with Crippen LogP contribution in [-0.4, -0.2) is 25.0 Å². The third-order valence-electron chi connectivity index (χ3n) is 3.83. The molecule has 0 aliphatic rings. The quantitative estimate of drug-likeness (QED) is 0.596. The van der Waals surface area contributed by atoms with Gasteiger partial charge in [0, 0.05) is 12.5 Å². The smallest absolute Gasteiger partial charge is 0.416 e. The van der Waals surface area contributed by atoms with E-state index >= 15 is 0 Å². The molecule has 0 saturated heterocycles. The molecule has 0 radical (unpaired) electrons. The highest BCUT2D eigenvalue weighted by Crippen LogP contribution is 2.29. The van der Waals surface area contributed by atoms with Crippen LogP contribution in [0.4, 0.5) is 22.0 Å². The van der Waals surface area contributed by atoms with E-state index < -0.39 is 47.7 Å². The van der Waals surface area contributed by atoms with Crippen LogP contribution in [-0.2, 0) is 33.3 Å². The van der Waals surface area contributed by atoms with E-state index in [2.05, 4.69) is 10.1 Å². The van der Waals surface area contributed by atoms with Crippen molar-refractivity contribution < 1.29 is 36.3 Å². The Hall–Kier alpha value is -2.97. The van der Waals surface area contributed by atoms with Crippen molar-refractivity contribution in [2.75, 3.05) is 7.11 Å². The molecule has 0 heterocycles. The van der Waals surface area contributed by atoms with E-state index in [-0.39, 0.29) is 12.0 Å². The molecular formula is C19H16F5NO3. The average Bonchev–Trinajstić information content (AvgIpc) is 2.59. The summed E-state index contributed by atoms with van der Waals surface area (Å²) in [6.45, 7) is 0. The molecule has 28 heavy (non-hydrogen) atoms. The maximum atomic E-state index is 13.2. The second-order valence-corrected chi connectivity index (χ2v) is 6.00. The zero-order valence-corrected chi connectivity index (χ0v) is 14.6. The molecule has 1 atom stereocenters. The average molecular weight is 401 g/mol. The zero-order valence-electron chi connectivity index (χ0n) is 14.6. The van der Waals surface area contributed by atoms with Crippen molar-refractivity contribution in [3.8, 4) is 0 Å². The van der Waals surface area contributed by atoms with Crippen LogP contribution in [0.1, 0.15) is 16.7 Å². The van der Waals surface area contributed by atoms with E-state index in [1.54, 1.807) is 0 Å². The van der Waals surface area contributed by atoms with E-state index in [9.17, 15) is 31.5 Å². The highest BCUT2D eigenvalue weighted by Gasteiger charge is 2.30. The van der Waals surface area contributed by atoms with Gasteiger partial charge in [0.25, 0.3) is 0 Å². The molecule has 0 unspecified atom stereocenters. The number of benzene rings is 2. The van der Waals surface area contributed by atoms with Crippen LogP contribution in [0, 0.1) is 11.6 Å². The SMILES string of the molecule is COC(=O)[C@@H](Cc1ccc(C(F)(F)F)cc1)NC(=O)Cc1cc(F)cc(F)c1. The molecule has 0 aromatic heterocycles. The summed E-state index contributed by atoms with van der Waals surface area (Å²) in [5.41, 5.74) is -0.420. The molecule has 4 nitrogen and oxygen atoms in total. The molecule has 0 aliphatic carbocycles. The first-order valence-corrected chi connectivity index (χ1v) is 8.07. The number of methoxy groups -OCH3 is 1. The van der Waals surface area contributed by atoms with Crippen LogP contribution >= 0.6 is 0 Å². The first-order chi connectivity index (χ1) is 13.1. The lowest BCUT2D eigenvalue weighted by Crippen LogP contribution is -2.43. The van der Waals surface area contributed by atoms with Gasteiger partial charge in [-0.3, -0.25) is 4.79 Å². The van der Waals surface area contributed by atoms with E-state index in [0.717, 1.165) is 31.4 Å². The van der Waals surface area contributed by atoms with Crippen LogP contribution in [0.25, 0.3) is 0 Å². The van der Waals surface area contributed by atoms with Crippen LogP contribution in [0.2, 0.25) is 0 Å². The summed E-state index contributed by atoms with van der Waals surface area (Å²) >= 11 is 0. The Morgan fingerprint density at radius 3 is 2.07 bits per heavy atom. The number of amides is 1. The molecule has 2 aromatic carbocycles. The second-order valence-electron chi connectivity index (χ2n) is 6.00. The summed E-state index contributed by atoms with van der Waals surface area (Å²) in [5, 5.41) is 2.37. The van der Waals surface area contributed by atoms with Gasteiger partial charge in [-0.05, 0) is 35.4 Å². The van der Waals surface area contributed by atoms with Crippen molar-refractivity contribution in [1.29, 1.82) is 0 Å². The van der Waals surface area contributed by atoms with Crippen molar-refractivity contribution in [3.05, 3.63) is 70.8 Å². The number of esters is 1. The van der Waals surface area contributed by atoms with Crippen LogP contribution in [0.5, 0.6) is 0 Å². The zero-order chi connectivity index (χ0) is 20.9. The number of carbonyl (C=O) groups excluding carboxylic acids is 2. The predicted molar refractivity (Wildman–Crippen MR) is 89.2 cm³/mol. The summed E-state index contributed by atoms with van der Waals surface area (Å²) in [4.78, 5) is 24.0. The van der Waals surface area contributed by atoms with E-state index in [0.29, 0.717) is 11.6 Å². The van der Waals surface area contributed by atoms with Crippen molar-refractivity contribution >= 4 is 11.9 Å². The number of nitrogens with one attached hydrogen (secondary N) is 1. The van der Waals surface area contributed by atoms with Crippen molar-refractivity contribution in [2.45, 2.75) is 25.1 Å². The monoisotopic (exact) mass is 401 g/mol. The second kappa shape index (κ2) is 8.81. The van der Waals surface area contributed by atoms with Gasteiger partial charge in [-0.25, -0.2) is 13.6 Å². The maximum absolute atomic E-state index is 13.2. The fraction of sp³-hybridized carbons (Fsp3) is 0.263. The molecular weight excluding hydrogens is 385 g/mol. The summed E-state index contributed by atoms with van der Waals surface area (Å²) in [6.07, 6.45) is -5.00. The third-order valence-corrected chi connectivity index (χ3v) is 3.83. The maximum Gasteiger partial charge on any atom is 0.416 e. The van der Waals surface area contributed by atoms with E-state index in [1.807, 2.05) is 0 Å². The first kappa shape index (κ1) is 21.3. The minimum Gasteiger partial charge on any atom is -0.467 e. The number of alkyl halides is 3. The van der Waals surface area contributed by atoms with Gasteiger partial charge in [-0.2, -0.15) is 13.2 Å². The number of hydrogen-bond donors (Lipinski definition) is 1. The molecule has 1 amide bonds. The Kier molecular flexibility index (Phi) is 6.71. The molecule has 9 heteroatoms. The lowest BCUT2D eigenvalue weighted by atomic mass is 10.0. The molecule has 0 spiro atoms. The Morgan fingerprint density at radius 2 is 1.57 bits per heavy atom. The van der Waals surface area contributed by atoms with E-state index in [1.165, 1.54) is 12.1 Å². The predicted octanol–water partition coefficient (Wildman–Crippen LogP) is 3.43. The highest BCUT2D eigenvalue weighted by molar-refractivity contribution is 5.85. The fourth-order valence-corrected chi connectivity index (χ4v) is 2.54. The number of rotatable bonds is 6. The lowest BCUT2D eigenvalue weighted by molar-refractivity contribution is -0.145. The van der Waals surface area contributed by atoms with Crippen LogP contribution in [0.3, 0.4) is 0 Å². The Morgan fingerprint density at radius 1 is 1.00 bits per heavy atom. The summed E-state index contributed by atoms with van der Waals surface area (Å²) in [7, 11) is 1.09. The number of ether oxygens (including phenoxy) is 1. The van der Waals surface area contributed by atoms with Gasteiger partial charge in [0.1, 0.15) is 17.7 Å². The Balaban J connectivity index is 2.08. The number of hydrogen-bond acceptors (Lipinski definition) is 3. The van der Waals surface area contributed by atoms with Gasteiger partial charge in [0.05, 0.1) is 19.1 Å². The summed E-state index contributed by atoms with van der Waals surface area (Å²) < 4.78 is 68.9. The number of halogens is 5. The highest BCUT2D eigenvalue weighted by atomic mass is 19.4. The van der Waals surface area contributed by atoms with Crippen LogP contribution in [0.15, 0.2) is 42.5 Å². The first-order valence-electron chi connectivity index (χ1n) is 8.07. The van der Waals surface area contributed by atoms with Gasteiger partial charge >= 0.3 is 12.1 Å². The lowest BCUT2D eigenvalue weighted by Gasteiger charge is -2.17. The Labute approximate surface area is 157 Å². The van der Waals surface area contributed by atoms with Crippen LogP contribution < -0.4 is 5.32 Å². The summed E-state index contributed by atoms with van der Waals surface area (Å²) in [5.74, 6) is -3.21. The molecule has 0 saturated carbocycles. The van der Waals surface area contributed by atoms with Gasteiger partial charge in [-0.15, -0.1) is 0 Å². The standard InChI is InChI=1S/C19H16F5NO3/c1-28-18(27)16(8-11-2-4-13(5-3-11)19(22,23)24)25-17(26)9-12-6-14(20)10-15(21)7-12/h2-7,10,16H,8-9H2,1H3,(H,25,26)/t16-/m1/s1. The molecule has 1 N–H and O–H groups in total. The largest absolute Gasteiger partial charge is 0.467 e. The number of carbonyl (C=O) groups is 2. The fourth-order valence-electron chi connectivity index (χ4n) is 2.54. The molecule has 150 valence electrons. The minimum atomic E-state index is -4.49. The van der Waals surface area contributed by atoms with Gasteiger partial charge < -0.3 is 10.1 Å². The Bertz CT molecular complexity index is 829.